The van der Waals surface area contributed by atoms with Crippen molar-refractivity contribution in [3.8, 4) is 17.2 Å². The summed E-state index contributed by atoms with van der Waals surface area (Å²) in [5, 5.41) is 9.63. The number of ether oxygens (including phenoxy) is 2. The van der Waals surface area contributed by atoms with Crippen molar-refractivity contribution >= 4 is 15.9 Å². The van der Waals surface area contributed by atoms with E-state index < -0.39 is 6.10 Å². The van der Waals surface area contributed by atoms with E-state index >= 15 is 0 Å². The summed E-state index contributed by atoms with van der Waals surface area (Å²) in [6.07, 6.45) is 0.428. The van der Waals surface area contributed by atoms with Crippen LogP contribution in [0.1, 0.15) is 31.1 Å². The van der Waals surface area contributed by atoms with Gasteiger partial charge >= 0.3 is 0 Å². The zero-order valence-electron chi connectivity index (χ0n) is 12.4. The highest BCUT2D eigenvalue weighted by Gasteiger charge is 2.10. The normalized spacial score (nSPS) is 12.0. The summed E-state index contributed by atoms with van der Waals surface area (Å²) in [7, 11) is 1.63. The SMILES string of the molecule is CCc1ccc(Oc2ccc(C(C)O)c(Br)c2)c(OC)c1. The number of halogens is 1. The maximum Gasteiger partial charge on any atom is 0.169 e. The second-order valence-corrected chi connectivity index (χ2v) is 5.65. The van der Waals surface area contributed by atoms with Gasteiger partial charge in [-0.15, -0.1) is 0 Å². The number of benzene rings is 2. The first kappa shape index (κ1) is 15.9. The molecule has 2 aromatic rings. The van der Waals surface area contributed by atoms with E-state index in [1.807, 2.05) is 36.4 Å². The van der Waals surface area contributed by atoms with Crippen molar-refractivity contribution in [1.82, 2.24) is 0 Å². The largest absolute Gasteiger partial charge is 0.493 e. The predicted molar refractivity (Wildman–Crippen MR) is 87.2 cm³/mol. The smallest absolute Gasteiger partial charge is 0.169 e. The molecule has 1 atom stereocenters. The van der Waals surface area contributed by atoms with Crippen molar-refractivity contribution in [3.05, 3.63) is 52.0 Å². The molecule has 0 spiro atoms. The minimum absolute atomic E-state index is 0.521. The van der Waals surface area contributed by atoms with Gasteiger partial charge in [0.25, 0.3) is 0 Å². The average Bonchev–Trinajstić information content (AvgIpc) is 2.47. The molecule has 0 saturated carbocycles. The fourth-order valence-corrected chi connectivity index (χ4v) is 2.74. The topological polar surface area (TPSA) is 38.7 Å². The summed E-state index contributed by atoms with van der Waals surface area (Å²) in [4.78, 5) is 0. The first-order valence-electron chi connectivity index (χ1n) is 6.87. The number of methoxy groups -OCH3 is 1. The third-order valence-electron chi connectivity index (χ3n) is 3.29. The van der Waals surface area contributed by atoms with Crippen LogP contribution in [0.15, 0.2) is 40.9 Å². The van der Waals surface area contributed by atoms with Crippen LogP contribution in [0.4, 0.5) is 0 Å². The van der Waals surface area contributed by atoms with E-state index in [0.29, 0.717) is 17.2 Å². The standard InChI is InChI=1S/C17H19BrO3/c1-4-12-5-8-16(17(9-12)20-3)21-13-6-7-14(11(2)19)15(18)10-13/h5-11,19H,4H2,1-3H3. The van der Waals surface area contributed by atoms with Gasteiger partial charge in [0.15, 0.2) is 11.5 Å². The molecule has 0 heterocycles. The van der Waals surface area contributed by atoms with Crippen molar-refractivity contribution in [3.63, 3.8) is 0 Å². The van der Waals surface area contributed by atoms with Crippen LogP contribution in [0.25, 0.3) is 0 Å². The fraction of sp³-hybridized carbons (Fsp3) is 0.294. The summed E-state index contributed by atoms with van der Waals surface area (Å²) in [5.41, 5.74) is 2.03. The Morgan fingerprint density at radius 1 is 1.14 bits per heavy atom. The lowest BCUT2D eigenvalue weighted by Crippen LogP contribution is -1.95. The van der Waals surface area contributed by atoms with Gasteiger partial charge < -0.3 is 14.6 Å². The summed E-state index contributed by atoms with van der Waals surface area (Å²) in [6, 6.07) is 11.4. The van der Waals surface area contributed by atoms with Gasteiger partial charge in [0.1, 0.15) is 5.75 Å². The van der Waals surface area contributed by atoms with Gasteiger partial charge in [-0.05, 0) is 48.7 Å². The third-order valence-corrected chi connectivity index (χ3v) is 3.97. The van der Waals surface area contributed by atoms with Crippen LogP contribution < -0.4 is 9.47 Å². The minimum Gasteiger partial charge on any atom is -0.493 e. The molecule has 0 bridgehead atoms. The number of rotatable bonds is 5. The lowest BCUT2D eigenvalue weighted by molar-refractivity contribution is 0.198. The molecule has 1 unspecified atom stereocenters. The van der Waals surface area contributed by atoms with E-state index in [2.05, 4.69) is 22.9 Å². The molecule has 0 aliphatic heterocycles. The van der Waals surface area contributed by atoms with Gasteiger partial charge in [0.2, 0.25) is 0 Å². The van der Waals surface area contributed by atoms with E-state index in [1.165, 1.54) is 5.56 Å². The number of aliphatic hydroxyl groups is 1. The highest BCUT2D eigenvalue weighted by Crippen LogP contribution is 2.35. The number of hydrogen-bond acceptors (Lipinski definition) is 3. The summed E-state index contributed by atoms with van der Waals surface area (Å²) < 4.78 is 12.1. The van der Waals surface area contributed by atoms with Gasteiger partial charge in [0.05, 0.1) is 13.2 Å². The first-order valence-corrected chi connectivity index (χ1v) is 7.66. The zero-order chi connectivity index (χ0) is 15.4. The second kappa shape index (κ2) is 6.96. The Balaban J connectivity index is 2.28. The monoisotopic (exact) mass is 350 g/mol. The van der Waals surface area contributed by atoms with Crippen LogP contribution in [-0.2, 0) is 6.42 Å². The molecule has 3 nitrogen and oxygen atoms in total. The van der Waals surface area contributed by atoms with E-state index in [9.17, 15) is 5.11 Å². The van der Waals surface area contributed by atoms with E-state index in [4.69, 9.17) is 9.47 Å². The molecule has 0 aromatic heterocycles. The summed E-state index contributed by atoms with van der Waals surface area (Å²) >= 11 is 3.45. The van der Waals surface area contributed by atoms with Gasteiger partial charge in [-0.25, -0.2) is 0 Å². The van der Waals surface area contributed by atoms with Gasteiger partial charge in [-0.2, -0.15) is 0 Å². The minimum atomic E-state index is -0.521. The number of aryl methyl sites for hydroxylation is 1. The molecule has 0 aliphatic rings. The summed E-state index contributed by atoms with van der Waals surface area (Å²) in [6.45, 7) is 3.83. The van der Waals surface area contributed by atoms with Crippen molar-refractivity contribution in [2.75, 3.05) is 7.11 Å². The van der Waals surface area contributed by atoms with Crippen LogP contribution >= 0.6 is 15.9 Å². The van der Waals surface area contributed by atoms with Crippen LogP contribution in [0.3, 0.4) is 0 Å². The molecule has 0 aliphatic carbocycles. The van der Waals surface area contributed by atoms with Gasteiger partial charge in [-0.3, -0.25) is 0 Å². The molecule has 21 heavy (non-hydrogen) atoms. The third kappa shape index (κ3) is 3.77. The first-order chi connectivity index (χ1) is 10.0. The molecule has 0 fully saturated rings. The zero-order valence-corrected chi connectivity index (χ0v) is 14.0. The Bertz CT molecular complexity index is 623. The quantitative estimate of drug-likeness (QED) is 0.836. The van der Waals surface area contributed by atoms with E-state index in [0.717, 1.165) is 16.5 Å². The molecule has 2 aromatic carbocycles. The predicted octanol–water partition coefficient (Wildman–Crippen LogP) is 4.87. The molecule has 0 saturated heterocycles. The molecule has 4 heteroatoms. The number of hydrogen-bond donors (Lipinski definition) is 1. The maximum atomic E-state index is 9.63. The average molecular weight is 351 g/mol. The number of aliphatic hydroxyl groups excluding tert-OH is 1. The highest BCUT2D eigenvalue weighted by atomic mass is 79.9. The second-order valence-electron chi connectivity index (χ2n) is 4.80. The lowest BCUT2D eigenvalue weighted by atomic mass is 10.1. The fourth-order valence-electron chi connectivity index (χ4n) is 2.05. The molecule has 112 valence electrons. The molecule has 1 N–H and O–H groups in total. The van der Waals surface area contributed by atoms with Gasteiger partial charge in [0, 0.05) is 4.47 Å². The van der Waals surface area contributed by atoms with Crippen LogP contribution in [-0.4, -0.2) is 12.2 Å². The lowest BCUT2D eigenvalue weighted by Gasteiger charge is -2.13. The Morgan fingerprint density at radius 2 is 1.90 bits per heavy atom. The molecule has 2 rings (SSSR count). The van der Waals surface area contributed by atoms with Crippen molar-refractivity contribution in [1.29, 1.82) is 0 Å². The molecular weight excluding hydrogens is 332 g/mol. The van der Waals surface area contributed by atoms with E-state index in [-0.39, 0.29) is 0 Å². The van der Waals surface area contributed by atoms with Crippen molar-refractivity contribution in [2.24, 2.45) is 0 Å². The molecule has 0 radical (unpaired) electrons. The highest BCUT2D eigenvalue weighted by molar-refractivity contribution is 9.10. The van der Waals surface area contributed by atoms with E-state index in [1.54, 1.807) is 14.0 Å². The van der Waals surface area contributed by atoms with Crippen molar-refractivity contribution in [2.45, 2.75) is 26.4 Å². The molecule has 0 amide bonds. The Labute approximate surface area is 133 Å². The van der Waals surface area contributed by atoms with Gasteiger partial charge in [-0.1, -0.05) is 35.0 Å². The summed E-state index contributed by atoms with van der Waals surface area (Å²) in [5.74, 6) is 2.07. The molecular formula is C17H19BrO3. The Kier molecular flexibility index (Phi) is 5.26. The Morgan fingerprint density at radius 3 is 2.48 bits per heavy atom. The van der Waals surface area contributed by atoms with Crippen LogP contribution in [0, 0.1) is 0 Å². The Hall–Kier alpha value is -1.52. The van der Waals surface area contributed by atoms with Crippen molar-refractivity contribution < 1.29 is 14.6 Å². The maximum absolute atomic E-state index is 9.63. The van der Waals surface area contributed by atoms with Crippen LogP contribution in [0.2, 0.25) is 0 Å². The van der Waals surface area contributed by atoms with Crippen LogP contribution in [0.5, 0.6) is 17.2 Å².